The average Bonchev–Trinajstić information content (AvgIpc) is 2.88. The first-order valence-corrected chi connectivity index (χ1v) is 7.11. The summed E-state index contributed by atoms with van der Waals surface area (Å²) < 4.78 is 36.6. The number of amides is 1. The van der Waals surface area contributed by atoms with Crippen molar-refractivity contribution in [1.82, 2.24) is 5.32 Å². The highest BCUT2D eigenvalue weighted by Gasteiger charge is 2.26. The lowest BCUT2D eigenvalue weighted by atomic mass is 10.1. The maximum Gasteiger partial charge on any atom is 0.389 e. The van der Waals surface area contributed by atoms with Crippen molar-refractivity contribution in [2.45, 2.75) is 44.3 Å². The van der Waals surface area contributed by atoms with Gasteiger partial charge in [-0.15, -0.1) is 12.4 Å². The maximum absolute atomic E-state index is 12.2. The molecule has 7 heteroatoms. The van der Waals surface area contributed by atoms with E-state index in [4.69, 9.17) is 0 Å². The first kappa shape index (κ1) is 18.8. The highest BCUT2D eigenvalue weighted by Crippen LogP contribution is 2.23. The molecule has 2 N–H and O–H groups in total. The van der Waals surface area contributed by atoms with Gasteiger partial charge in [0.1, 0.15) is 0 Å². The average molecular weight is 337 g/mol. The van der Waals surface area contributed by atoms with Crippen LogP contribution in [0.5, 0.6) is 0 Å². The molecule has 0 aliphatic carbocycles. The second-order valence-corrected chi connectivity index (χ2v) is 5.36. The lowest BCUT2D eigenvalue weighted by Gasteiger charge is -2.11. The molecule has 2 rings (SSSR count). The summed E-state index contributed by atoms with van der Waals surface area (Å²) in [6.45, 7) is 0.935. The van der Waals surface area contributed by atoms with E-state index < -0.39 is 12.6 Å². The van der Waals surface area contributed by atoms with Crippen molar-refractivity contribution in [3.8, 4) is 0 Å². The third-order valence-corrected chi connectivity index (χ3v) is 3.50. The maximum atomic E-state index is 12.2. The Morgan fingerprint density at radius 3 is 2.77 bits per heavy atom. The summed E-state index contributed by atoms with van der Waals surface area (Å²) >= 11 is 0. The van der Waals surface area contributed by atoms with Crippen molar-refractivity contribution in [1.29, 1.82) is 0 Å². The molecule has 22 heavy (non-hydrogen) atoms. The number of rotatable bonds is 5. The molecule has 1 aromatic carbocycles. The second-order valence-electron chi connectivity index (χ2n) is 5.36. The smallest absolute Gasteiger partial charge is 0.326 e. The lowest BCUT2D eigenvalue weighted by Crippen LogP contribution is -2.27. The molecule has 1 unspecified atom stereocenters. The van der Waals surface area contributed by atoms with Crippen LogP contribution in [0.25, 0.3) is 0 Å². The summed E-state index contributed by atoms with van der Waals surface area (Å²) in [5, 5.41) is 5.98. The van der Waals surface area contributed by atoms with Gasteiger partial charge in [0, 0.05) is 24.6 Å². The van der Waals surface area contributed by atoms with Crippen molar-refractivity contribution >= 4 is 24.0 Å². The van der Waals surface area contributed by atoms with Gasteiger partial charge in [0.05, 0.1) is 0 Å². The van der Waals surface area contributed by atoms with E-state index in [1.165, 1.54) is 0 Å². The Hall–Kier alpha value is -1.27. The van der Waals surface area contributed by atoms with Gasteiger partial charge in [-0.2, -0.15) is 13.2 Å². The molecular weight excluding hydrogens is 317 g/mol. The number of benzene rings is 1. The van der Waals surface area contributed by atoms with E-state index in [0.717, 1.165) is 19.4 Å². The van der Waals surface area contributed by atoms with E-state index >= 15 is 0 Å². The minimum Gasteiger partial charge on any atom is -0.326 e. The molecule has 1 fully saturated rings. The highest BCUT2D eigenvalue weighted by atomic mass is 35.5. The van der Waals surface area contributed by atoms with Gasteiger partial charge in [0.2, 0.25) is 5.91 Å². The molecule has 1 atom stereocenters. The quantitative estimate of drug-likeness (QED) is 0.861. The second kappa shape index (κ2) is 8.39. The van der Waals surface area contributed by atoms with Gasteiger partial charge in [0.15, 0.2) is 0 Å². The normalized spacial score (nSPS) is 17.9. The lowest BCUT2D eigenvalue weighted by molar-refractivity contribution is -0.134. The summed E-state index contributed by atoms with van der Waals surface area (Å²) in [6.07, 6.45) is -2.63. The van der Waals surface area contributed by atoms with Crippen molar-refractivity contribution in [2.24, 2.45) is 0 Å². The predicted octanol–water partition coefficient (Wildman–Crippen LogP) is 3.68. The minimum atomic E-state index is -4.16. The van der Waals surface area contributed by atoms with Gasteiger partial charge >= 0.3 is 6.18 Å². The molecular formula is C15H20ClF3N2O. The van der Waals surface area contributed by atoms with Crippen LogP contribution >= 0.6 is 12.4 Å². The molecule has 1 heterocycles. The number of halogens is 4. The van der Waals surface area contributed by atoms with E-state index in [9.17, 15) is 18.0 Å². The summed E-state index contributed by atoms with van der Waals surface area (Å²) in [5.74, 6) is -0.109. The van der Waals surface area contributed by atoms with Crippen LogP contribution in [0, 0.1) is 0 Å². The number of nitrogens with one attached hydrogen (secondary N) is 2. The molecule has 0 aromatic heterocycles. The summed E-state index contributed by atoms with van der Waals surface area (Å²) in [6, 6.07) is 6.80. The molecule has 124 valence electrons. The molecule has 1 aliphatic heterocycles. The first-order chi connectivity index (χ1) is 9.92. The van der Waals surface area contributed by atoms with E-state index in [0.29, 0.717) is 17.7 Å². The SMILES string of the molecule is Cl.O=C(CC1CCCN1)Nc1cccc(CCC(F)(F)F)c1. The number of hydrogen-bond donors (Lipinski definition) is 2. The minimum absolute atomic E-state index is 0. The molecule has 1 amide bonds. The first-order valence-electron chi connectivity index (χ1n) is 7.11. The van der Waals surface area contributed by atoms with Crippen LogP contribution in [0.4, 0.5) is 18.9 Å². The van der Waals surface area contributed by atoms with Gasteiger partial charge in [-0.3, -0.25) is 4.79 Å². The van der Waals surface area contributed by atoms with Crippen LogP contribution in [-0.4, -0.2) is 24.7 Å². The Labute approximate surface area is 134 Å². The van der Waals surface area contributed by atoms with Gasteiger partial charge < -0.3 is 10.6 Å². The van der Waals surface area contributed by atoms with Gasteiger partial charge in [-0.05, 0) is 43.5 Å². The van der Waals surface area contributed by atoms with Crippen LogP contribution in [0.2, 0.25) is 0 Å². The fourth-order valence-electron chi connectivity index (χ4n) is 2.46. The van der Waals surface area contributed by atoms with Crippen LogP contribution < -0.4 is 10.6 Å². The Morgan fingerprint density at radius 1 is 1.36 bits per heavy atom. The third kappa shape index (κ3) is 6.66. The Balaban J connectivity index is 0.00000242. The predicted molar refractivity (Wildman–Crippen MR) is 82.3 cm³/mol. The van der Waals surface area contributed by atoms with Gasteiger partial charge in [0.25, 0.3) is 0 Å². The highest BCUT2D eigenvalue weighted by molar-refractivity contribution is 5.91. The van der Waals surface area contributed by atoms with E-state index in [-0.39, 0.29) is 30.8 Å². The van der Waals surface area contributed by atoms with Crippen molar-refractivity contribution in [2.75, 3.05) is 11.9 Å². The molecule has 0 saturated carbocycles. The van der Waals surface area contributed by atoms with E-state index in [1.54, 1.807) is 24.3 Å². The summed E-state index contributed by atoms with van der Waals surface area (Å²) in [4.78, 5) is 11.9. The van der Waals surface area contributed by atoms with Crippen molar-refractivity contribution < 1.29 is 18.0 Å². The molecule has 0 bridgehead atoms. The van der Waals surface area contributed by atoms with Gasteiger partial charge in [-0.25, -0.2) is 0 Å². The monoisotopic (exact) mass is 336 g/mol. The summed E-state index contributed by atoms with van der Waals surface area (Å²) in [7, 11) is 0. The zero-order valence-electron chi connectivity index (χ0n) is 12.1. The Morgan fingerprint density at radius 2 is 2.14 bits per heavy atom. The third-order valence-electron chi connectivity index (χ3n) is 3.50. The Bertz CT molecular complexity index is 488. The number of carbonyl (C=O) groups excluding carboxylic acids is 1. The summed E-state index contributed by atoms with van der Waals surface area (Å²) in [5.41, 5.74) is 1.13. The molecule has 1 saturated heterocycles. The largest absolute Gasteiger partial charge is 0.389 e. The topological polar surface area (TPSA) is 41.1 Å². The number of alkyl halides is 3. The van der Waals surface area contributed by atoms with Crippen LogP contribution in [0.15, 0.2) is 24.3 Å². The molecule has 0 radical (unpaired) electrons. The molecule has 0 spiro atoms. The molecule has 1 aromatic rings. The number of carbonyl (C=O) groups is 1. The zero-order chi connectivity index (χ0) is 15.3. The number of hydrogen-bond acceptors (Lipinski definition) is 2. The van der Waals surface area contributed by atoms with Crippen molar-refractivity contribution in [3.63, 3.8) is 0 Å². The zero-order valence-corrected chi connectivity index (χ0v) is 12.9. The molecule has 1 aliphatic rings. The van der Waals surface area contributed by atoms with Crippen molar-refractivity contribution in [3.05, 3.63) is 29.8 Å². The fourth-order valence-corrected chi connectivity index (χ4v) is 2.46. The standard InChI is InChI=1S/C15H19F3N2O.ClH/c16-15(17,18)7-6-11-3-1-4-13(9-11)20-14(21)10-12-5-2-8-19-12;/h1,3-4,9,12,19H,2,5-8,10H2,(H,20,21);1H. The van der Waals surface area contributed by atoms with Gasteiger partial charge in [-0.1, -0.05) is 12.1 Å². The Kier molecular flexibility index (Phi) is 7.16. The van der Waals surface area contributed by atoms with E-state index in [1.807, 2.05) is 0 Å². The molecule has 3 nitrogen and oxygen atoms in total. The van der Waals surface area contributed by atoms with Crippen LogP contribution in [0.1, 0.15) is 31.2 Å². The fraction of sp³-hybridized carbons (Fsp3) is 0.533. The number of anilines is 1. The number of aryl methyl sites for hydroxylation is 1. The van der Waals surface area contributed by atoms with Crippen LogP contribution in [-0.2, 0) is 11.2 Å². The van der Waals surface area contributed by atoms with E-state index in [2.05, 4.69) is 10.6 Å². The van der Waals surface area contributed by atoms with Crippen LogP contribution in [0.3, 0.4) is 0 Å².